The van der Waals surface area contributed by atoms with Crippen LogP contribution in [0.3, 0.4) is 0 Å². The molecule has 0 saturated heterocycles. The first kappa shape index (κ1) is 13.1. The van der Waals surface area contributed by atoms with E-state index in [1.165, 1.54) is 5.56 Å². The van der Waals surface area contributed by atoms with Gasteiger partial charge < -0.3 is 5.73 Å². The Balaban J connectivity index is 2.27. The standard InChI is InChI=1S/C12H13BrN2S2/c1-8(14)11(17-12-15-6-7-16-12)9-4-2-3-5-10(9)13/h2-8,11H,14H2,1H3. The summed E-state index contributed by atoms with van der Waals surface area (Å²) in [5, 5.41) is 2.21. The highest BCUT2D eigenvalue weighted by atomic mass is 79.9. The van der Waals surface area contributed by atoms with Crippen LogP contribution in [0.25, 0.3) is 0 Å². The minimum Gasteiger partial charge on any atom is -0.327 e. The summed E-state index contributed by atoms with van der Waals surface area (Å²) in [5.74, 6) is 0. The van der Waals surface area contributed by atoms with Crippen molar-refractivity contribution in [2.45, 2.75) is 22.6 Å². The maximum absolute atomic E-state index is 6.09. The Morgan fingerprint density at radius 2 is 2.18 bits per heavy atom. The van der Waals surface area contributed by atoms with Crippen molar-refractivity contribution in [2.24, 2.45) is 5.73 Å². The lowest BCUT2D eigenvalue weighted by molar-refractivity contribution is 0.719. The molecule has 0 aliphatic heterocycles. The maximum Gasteiger partial charge on any atom is 0.150 e. The number of thioether (sulfide) groups is 1. The molecule has 1 aromatic carbocycles. The van der Waals surface area contributed by atoms with Crippen LogP contribution in [0.4, 0.5) is 0 Å². The smallest absolute Gasteiger partial charge is 0.150 e. The maximum atomic E-state index is 6.09. The molecule has 0 spiro atoms. The molecule has 0 saturated carbocycles. The van der Waals surface area contributed by atoms with Crippen molar-refractivity contribution in [3.8, 4) is 0 Å². The highest BCUT2D eigenvalue weighted by Crippen LogP contribution is 2.40. The summed E-state index contributed by atoms with van der Waals surface area (Å²) in [5.41, 5.74) is 7.31. The van der Waals surface area contributed by atoms with E-state index in [0.29, 0.717) is 0 Å². The summed E-state index contributed by atoms with van der Waals surface area (Å²) in [6, 6.07) is 8.28. The molecule has 1 aromatic heterocycles. The molecule has 0 aliphatic rings. The van der Waals surface area contributed by atoms with Crippen LogP contribution in [0, 0.1) is 0 Å². The minimum atomic E-state index is 0.0719. The second kappa shape index (κ2) is 6.00. The van der Waals surface area contributed by atoms with Gasteiger partial charge in [-0.05, 0) is 18.6 Å². The van der Waals surface area contributed by atoms with Gasteiger partial charge in [0.1, 0.15) is 4.34 Å². The van der Waals surface area contributed by atoms with Gasteiger partial charge >= 0.3 is 0 Å². The Morgan fingerprint density at radius 1 is 1.41 bits per heavy atom. The van der Waals surface area contributed by atoms with E-state index < -0.39 is 0 Å². The zero-order chi connectivity index (χ0) is 12.3. The number of benzene rings is 1. The fourth-order valence-electron chi connectivity index (χ4n) is 1.54. The van der Waals surface area contributed by atoms with E-state index in [0.717, 1.165) is 8.81 Å². The molecule has 5 heteroatoms. The predicted molar refractivity (Wildman–Crippen MR) is 78.5 cm³/mol. The first-order valence-electron chi connectivity index (χ1n) is 5.24. The molecule has 1 heterocycles. The zero-order valence-corrected chi connectivity index (χ0v) is 12.6. The number of nitrogens with two attached hydrogens (primary N) is 1. The minimum absolute atomic E-state index is 0.0719. The average Bonchev–Trinajstić information content (AvgIpc) is 2.79. The van der Waals surface area contributed by atoms with Gasteiger partial charge in [0.2, 0.25) is 0 Å². The van der Waals surface area contributed by atoms with Crippen LogP contribution in [0.2, 0.25) is 0 Å². The van der Waals surface area contributed by atoms with Crippen LogP contribution in [-0.4, -0.2) is 11.0 Å². The summed E-state index contributed by atoms with van der Waals surface area (Å²) in [6.45, 7) is 2.03. The molecule has 2 unspecified atom stereocenters. The van der Waals surface area contributed by atoms with E-state index in [2.05, 4.69) is 27.0 Å². The van der Waals surface area contributed by atoms with Gasteiger partial charge in [-0.25, -0.2) is 4.98 Å². The summed E-state index contributed by atoms with van der Waals surface area (Å²) in [4.78, 5) is 4.30. The lowest BCUT2D eigenvalue weighted by Crippen LogP contribution is -2.22. The van der Waals surface area contributed by atoms with Gasteiger partial charge in [-0.15, -0.1) is 11.3 Å². The van der Waals surface area contributed by atoms with Gasteiger partial charge in [0, 0.05) is 22.1 Å². The second-order valence-electron chi connectivity index (χ2n) is 3.72. The molecule has 2 aromatic rings. The van der Waals surface area contributed by atoms with E-state index in [1.807, 2.05) is 36.7 Å². The van der Waals surface area contributed by atoms with Crippen molar-refractivity contribution >= 4 is 39.0 Å². The Hall–Kier alpha value is -0.360. The number of halogens is 1. The molecule has 17 heavy (non-hydrogen) atoms. The molecule has 0 radical (unpaired) electrons. The Bertz CT molecular complexity index is 471. The van der Waals surface area contributed by atoms with Crippen molar-refractivity contribution < 1.29 is 0 Å². The fraction of sp³-hybridized carbons (Fsp3) is 0.250. The quantitative estimate of drug-likeness (QED) is 0.859. The van der Waals surface area contributed by atoms with Crippen molar-refractivity contribution in [1.82, 2.24) is 4.98 Å². The molecule has 2 nitrogen and oxygen atoms in total. The zero-order valence-electron chi connectivity index (χ0n) is 9.34. The molecule has 2 N–H and O–H groups in total. The Labute approximate surface area is 118 Å². The van der Waals surface area contributed by atoms with E-state index in [4.69, 9.17) is 5.73 Å². The Morgan fingerprint density at radius 3 is 2.76 bits per heavy atom. The number of thiazole rings is 1. The summed E-state index contributed by atoms with van der Waals surface area (Å²) in [6.07, 6.45) is 1.82. The highest BCUT2D eigenvalue weighted by molar-refractivity contribution is 9.10. The van der Waals surface area contributed by atoms with Gasteiger partial charge in [-0.3, -0.25) is 0 Å². The van der Waals surface area contributed by atoms with Crippen LogP contribution in [0.5, 0.6) is 0 Å². The number of nitrogens with zero attached hydrogens (tertiary/aromatic N) is 1. The molecule has 2 atom stereocenters. The van der Waals surface area contributed by atoms with E-state index in [9.17, 15) is 0 Å². The molecule has 2 rings (SSSR count). The third-order valence-electron chi connectivity index (χ3n) is 2.33. The van der Waals surface area contributed by atoms with Gasteiger partial charge in [0.25, 0.3) is 0 Å². The average molecular weight is 329 g/mol. The second-order valence-corrected chi connectivity index (χ2v) is 6.85. The first-order valence-corrected chi connectivity index (χ1v) is 7.80. The lowest BCUT2D eigenvalue weighted by atomic mass is 10.1. The van der Waals surface area contributed by atoms with E-state index in [1.54, 1.807) is 23.1 Å². The van der Waals surface area contributed by atoms with Gasteiger partial charge in [0.15, 0.2) is 0 Å². The number of hydrogen-bond donors (Lipinski definition) is 1. The molecule has 0 amide bonds. The molecule has 0 fully saturated rings. The molecule has 0 aliphatic carbocycles. The molecule has 90 valence electrons. The number of hydrogen-bond acceptors (Lipinski definition) is 4. The van der Waals surface area contributed by atoms with Crippen molar-refractivity contribution in [1.29, 1.82) is 0 Å². The van der Waals surface area contributed by atoms with Crippen LogP contribution < -0.4 is 5.73 Å². The summed E-state index contributed by atoms with van der Waals surface area (Å²) in [7, 11) is 0. The van der Waals surface area contributed by atoms with E-state index >= 15 is 0 Å². The van der Waals surface area contributed by atoms with Crippen LogP contribution in [0.1, 0.15) is 17.7 Å². The van der Waals surface area contributed by atoms with Crippen molar-refractivity contribution in [3.63, 3.8) is 0 Å². The molecule has 0 bridgehead atoms. The monoisotopic (exact) mass is 328 g/mol. The van der Waals surface area contributed by atoms with Crippen molar-refractivity contribution in [3.05, 3.63) is 45.9 Å². The highest BCUT2D eigenvalue weighted by Gasteiger charge is 2.20. The van der Waals surface area contributed by atoms with Crippen LogP contribution in [0.15, 0.2) is 44.7 Å². The van der Waals surface area contributed by atoms with Gasteiger partial charge in [0.05, 0.1) is 5.25 Å². The molecular weight excluding hydrogens is 316 g/mol. The normalized spacial score (nSPS) is 14.5. The largest absolute Gasteiger partial charge is 0.327 e. The third-order valence-corrected chi connectivity index (χ3v) is 5.44. The fourth-order valence-corrected chi connectivity index (χ4v) is 4.17. The topological polar surface area (TPSA) is 38.9 Å². The van der Waals surface area contributed by atoms with Gasteiger partial charge in [-0.2, -0.15) is 0 Å². The molecular formula is C12H13BrN2S2. The lowest BCUT2D eigenvalue weighted by Gasteiger charge is -2.20. The van der Waals surface area contributed by atoms with E-state index in [-0.39, 0.29) is 11.3 Å². The van der Waals surface area contributed by atoms with Crippen LogP contribution in [-0.2, 0) is 0 Å². The Kier molecular flexibility index (Phi) is 4.62. The number of rotatable bonds is 4. The predicted octanol–water partition coefficient (Wildman–Crippen LogP) is 4.09. The summed E-state index contributed by atoms with van der Waals surface area (Å²) < 4.78 is 2.16. The SMILES string of the molecule is CC(N)C(Sc1nccs1)c1ccccc1Br. The third kappa shape index (κ3) is 3.31. The first-order chi connectivity index (χ1) is 8.18. The van der Waals surface area contributed by atoms with Gasteiger partial charge in [-0.1, -0.05) is 45.9 Å². The summed E-state index contributed by atoms with van der Waals surface area (Å²) >= 11 is 6.96. The van der Waals surface area contributed by atoms with Crippen LogP contribution >= 0.6 is 39.0 Å². The van der Waals surface area contributed by atoms with Crippen molar-refractivity contribution in [2.75, 3.05) is 0 Å². The number of aromatic nitrogens is 1.